The lowest BCUT2D eigenvalue weighted by Crippen LogP contribution is -2.30. The number of esters is 1. The van der Waals surface area contributed by atoms with Crippen LogP contribution >= 0.6 is 0 Å². The van der Waals surface area contributed by atoms with E-state index in [1.165, 1.54) is 0 Å². The first-order valence-electron chi connectivity index (χ1n) is 5.16. The first-order chi connectivity index (χ1) is 7.10. The molecule has 0 aliphatic heterocycles. The highest BCUT2D eigenvalue weighted by Crippen LogP contribution is 2.01. The summed E-state index contributed by atoms with van der Waals surface area (Å²) >= 11 is 0. The van der Waals surface area contributed by atoms with Crippen molar-refractivity contribution in [1.82, 2.24) is 5.32 Å². The van der Waals surface area contributed by atoms with Gasteiger partial charge in [-0.2, -0.15) is 0 Å². The zero-order valence-electron chi connectivity index (χ0n) is 9.54. The predicted molar refractivity (Wildman–Crippen MR) is 55.4 cm³/mol. The Morgan fingerprint density at radius 3 is 2.33 bits per heavy atom. The van der Waals surface area contributed by atoms with Crippen molar-refractivity contribution < 1.29 is 19.1 Å². The Morgan fingerprint density at radius 1 is 1.20 bits per heavy atom. The van der Waals surface area contributed by atoms with E-state index in [0.717, 1.165) is 0 Å². The molecule has 0 aliphatic carbocycles. The molecule has 0 spiro atoms. The molecule has 0 aromatic carbocycles. The molecule has 5 heteroatoms. The number of carbonyl (C=O) groups excluding carboxylic acids is 2. The number of nitrogens with one attached hydrogen (secondary N) is 1. The number of alkyl carbamates (subject to hydrolysis) is 1. The van der Waals surface area contributed by atoms with Gasteiger partial charge in [-0.15, -0.1) is 0 Å². The summed E-state index contributed by atoms with van der Waals surface area (Å²) in [5, 5.41) is 2.56. The Labute approximate surface area is 90.1 Å². The van der Waals surface area contributed by atoms with E-state index < -0.39 is 6.09 Å². The minimum Gasteiger partial charge on any atom is -0.466 e. The molecule has 0 heterocycles. The second kappa shape index (κ2) is 8.08. The monoisotopic (exact) mass is 217 g/mol. The Kier molecular flexibility index (Phi) is 7.40. The lowest BCUT2D eigenvalue weighted by atomic mass is 10.1. The van der Waals surface area contributed by atoms with Crippen molar-refractivity contribution in [1.29, 1.82) is 0 Å². The summed E-state index contributed by atoms with van der Waals surface area (Å²) < 4.78 is 9.46. The minimum absolute atomic E-state index is 0.0495. The maximum Gasteiger partial charge on any atom is 0.407 e. The van der Waals surface area contributed by atoms with Gasteiger partial charge < -0.3 is 14.8 Å². The van der Waals surface area contributed by atoms with Gasteiger partial charge in [0.05, 0.1) is 13.2 Å². The number of rotatable bonds is 6. The molecule has 1 N–H and O–H groups in total. The molecule has 1 unspecified atom stereocenters. The third-order valence-corrected chi connectivity index (χ3v) is 1.69. The van der Waals surface area contributed by atoms with Crippen molar-refractivity contribution in [2.45, 2.75) is 27.2 Å². The fraction of sp³-hybridized carbons (Fsp3) is 0.800. The van der Waals surface area contributed by atoms with Crippen molar-refractivity contribution in [2.24, 2.45) is 5.92 Å². The molecular weight excluding hydrogens is 198 g/mol. The zero-order valence-corrected chi connectivity index (χ0v) is 9.54. The van der Waals surface area contributed by atoms with Gasteiger partial charge in [0.25, 0.3) is 0 Å². The molecule has 0 radical (unpaired) electrons. The lowest BCUT2D eigenvalue weighted by Gasteiger charge is -2.11. The van der Waals surface area contributed by atoms with Crippen molar-refractivity contribution in [3.63, 3.8) is 0 Å². The second-order valence-corrected chi connectivity index (χ2v) is 3.22. The van der Waals surface area contributed by atoms with Crippen molar-refractivity contribution >= 4 is 12.1 Å². The standard InChI is InChI=1S/C10H19NO4/c1-4-14-9(12)6-8(3)7-11-10(13)15-5-2/h8H,4-7H2,1-3H3,(H,11,13). The number of hydrogen-bond donors (Lipinski definition) is 1. The molecule has 0 aliphatic rings. The summed E-state index contributed by atoms with van der Waals surface area (Å²) in [5.74, 6) is -0.191. The molecule has 0 saturated heterocycles. The van der Waals surface area contributed by atoms with Gasteiger partial charge in [-0.05, 0) is 19.8 Å². The van der Waals surface area contributed by atoms with E-state index in [4.69, 9.17) is 4.74 Å². The van der Waals surface area contributed by atoms with Gasteiger partial charge in [-0.25, -0.2) is 4.79 Å². The van der Waals surface area contributed by atoms with E-state index in [0.29, 0.717) is 26.2 Å². The van der Waals surface area contributed by atoms with E-state index in [1.54, 1.807) is 13.8 Å². The molecule has 1 amide bonds. The average molecular weight is 217 g/mol. The Hall–Kier alpha value is -1.26. The van der Waals surface area contributed by atoms with Crippen LogP contribution in [0, 0.1) is 5.92 Å². The van der Waals surface area contributed by atoms with Crippen LogP contribution in [0.5, 0.6) is 0 Å². The summed E-state index contributed by atoms with van der Waals surface area (Å²) in [7, 11) is 0. The molecule has 0 aromatic rings. The molecule has 5 nitrogen and oxygen atoms in total. The third-order valence-electron chi connectivity index (χ3n) is 1.69. The number of carbonyl (C=O) groups is 2. The summed E-state index contributed by atoms with van der Waals surface area (Å²) in [5.41, 5.74) is 0. The van der Waals surface area contributed by atoms with Gasteiger partial charge in [-0.3, -0.25) is 4.79 Å². The molecule has 1 atom stereocenters. The molecule has 0 aromatic heterocycles. The highest BCUT2D eigenvalue weighted by molar-refractivity contribution is 5.70. The maximum atomic E-state index is 11.1. The Bertz CT molecular complexity index is 206. The van der Waals surface area contributed by atoms with Crippen molar-refractivity contribution in [3.05, 3.63) is 0 Å². The molecule has 0 bridgehead atoms. The van der Waals surface area contributed by atoms with Crippen LogP contribution in [-0.4, -0.2) is 31.8 Å². The Balaban J connectivity index is 3.60. The van der Waals surface area contributed by atoms with Gasteiger partial charge in [0.15, 0.2) is 0 Å². The maximum absolute atomic E-state index is 11.1. The van der Waals surface area contributed by atoms with Gasteiger partial charge in [0, 0.05) is 13.0 Å². The average Bonchev–Trinajstić information content (AvgIpc) is 2.15. The van der Waals surface area contributed by atoms with Crippen LogP contribution < -0.4 is 5.32 Å². The van der Waals surface area contributed by atoms with Crippen molar-refractivity contribution in [3.8, 4) is 0 Å². The minimum atomic E-state index is -0.451. The van der Waals surface area contributed by atoms with Gasteiger partial charge >= 0.3 is 12.1 Å². The second-order valence-electron chi connectivity index (χ2n) is 3.22. The van der Waals surface area contributed by atoms with Crippen LogP contribution in [0.1, 0.15) is 27.2 Å². The van der Waals surface area contributed by atoms with Crippen molar-refractivity contribution in [2.75, 3.05) is 19.8 Å². The van der Waals surface area contributed by atoms with Crippen LogP contribution in [-0.2, 0) is 14.3 Å². The fourth-order valence-corrected chi connectivity index (χ4v) is 1.02. The highest BCUT2D eigenvalue weighted by atomic mass is 16.5. The van der Waals surface area contributed by atoms with Crippen LogP contribution in [0.2, 0.25) is 0 Å². The summed E-state index contributed by atoms with van der Waals surface area (Å²) in [6, 6.07) is 0. The molecule has 0 saturated carbocycles. The zero-order chi connectivity index (χ0) is 11.7. The fourth-order valence-electron chi connectivity index (χ4n) is 1.02. The SMILES string of the molecule is CCOC(=O)CC(C)CNC(=O)OCC. The van der Waals surface area contributed by atoms with E-state index in [9.17, 15) is 9.59 Å². The number of ether oxygens (including phenoxy) is 2. The van der Waals surface area contributed by atoms with E-state index in [1.807, 2.05) is 6.92 Å². The summed E-state index contributed by atoms with van der Waals surface area (Å²) in [4.78, 5) is 22.0. The van der Waals surface area contributed by atoms with Crippen LogP contribution in [0.15, 0.2) is 0 Å². The molecule has 0 fully saturated rings. The summed E-state index contributed by atoms with van der Waals surface area (Å²) in [6.45, 7) is 6.51. The smallest absolute Gasteiger partial charge is 0.407 e. The predicted octanol–water partition coefficient (Wildman–Crippen LogP) is 1.32. The van der Waals surface area contributed by atoms with E-state index in [2.05, 4.69) is 10.1 Å². The number of hydrogen-bond acceptors (Lipinski definition) is 4. The Morgan fingerprint density at radius 2 is 1.80 bits per heavy atom. The first-order valence-corrected chi connectivity index (χ1v) is 5.16. The van der Waals surface area contributed by atoms with E-state index in [-0.39, 0.29) is 11.9 Å². The van der Waals surface area contributed by atoms with Gasteiger partial charge in [0.1, 0.15) is 0 Å². The van der Waals surface area contributed by atoms with Gasteiger partial charge in [-0.1, -0.05) is 6.92 Å². The largest absolute Gasteiger partial charge is 0.466 e. The molecule has 15 heavy (non-hydrogen) atoms. The van der Waals surface area contributed by atoms with Crippen LogP contribution in [0.25, 0.3) is 0 Å². The molecular formula is C10H19NO4. The van der Waals surface area contributed by atoms with Crippen LogP contribution in [0.4, 0.5) is 4.79 Å². The normalized spacial score (nSPS) is 11.7. The van der Waals surface area contributed by atoms with Crippen LogP contribution in [0.3, 0.4) is 0 Å². The highest BCUT2D eigenvalue weighted by Gasteiger charge is 2.11. The first kappa shape index (κ1) is 13.7. The summed E-state index contributed by atoms with van der Waals surface area (Å²) in [6.07, 6.45) is -0.145. The number of amides is 1. The lowest BCUT2D eigenvalue weighted by molar-refractivity contribution is -0.144. The van der Waals surface area contributed by atoms with E-state index >= 15 is 0 Å². The molecule has 88 valence electrons. The van der Waals surface area contributed by atoms with Gasteiger partial charge in [0.2, 0.25) is 0 Å². The third kappa shape index (κ3) is 7.78. The topological polar surface area (TPSA) is 64.6 Å². The molecule has 0 rings (SSSR count). The quantitative estimate of drug-likeness (QED) is 0.681.